The van der Waals surface area contributed by atoms with Crippen LogP contribution in [0.4, 0.5) is 0 Å². The van der Waals surface area contributed by atoms with Crippen LogP contribution < -0.4 is 0 Å². The van der Waals surface area contributed by atoms with E-state index in [9.17, 15) is 19.5 Å². The van der Waals surface area contributed by atoms with E-state index >= 15 is 4.79 Å². The molecule has 274 valence electrons. The standard InChI is InChI=1S/C38H43BrN6O7/c1-24-32(25-14-6-3-7-15-25)51-37(50)30-31-35(48)44(20-12-5-13-21-46)34(38(31)22-26(39)33(30)52-38)36(49)43(19-11-4-8-18-29(47)42(24)2)23-45-28-17-10-9-16-27(28)40-41-45/h3-4,6-7,9-11,14-17,22,24,30-34,46H,5,8,12-13,18-21,23H2,1-2H3/b11-4-/t24-,30+,31-,32+,33+,34+,38-/m0/s1. The van der Waals surface area contributed by atoms with E-state index in [2.05, 4.69) is 26.2 Å². The predicted molar refractivity (Wildman–Crippen MR) is 193 cm³/mol. The van der Waals surface area contributed by atoms with Gasteiger partial charge in [0.2, 0.25) is 11.8 Å². The van der Waals surface area contributed by atoms with Gasteiger partial charge in [0, 0.05) is 37.6 Å². The lowest BCUT2D eigenvalue weighted by atomic mass is 9.74. The Morgan fingerprint density at radius 1 is 0.962 bits per heavy atom. The van der Waals surface area contributed by atoms with E-state index in [0.717, 1.165) is 5.52 Å². The highest BCUT2D eigenvalue weighted by molar-refractivity contribution is 9.11. The quantitative estimate of drug-likeness (QED) is 0.206. The van der Waals surface area contributed by atoms with E-state index in [4.69, 9.17) is 9.47 Å². The molecule has 7 atom stereocenters. The van der Waals surface area contributed by atoms with Crippen LogP contribution in [-0.4, -0.2) is 109 Å². The van der Waals surface area contributed by atoms with Gasteiger partial charge in [-0.1, -0.05) is 75.8 Å². The fourth-order valence-electron chi connectivity index (χ4n) is 8.08. The van der Waals surface area contributed by atoms with E-state index in [1.807, 2.05) is 73.7 Å². The van der Waals surface area contributed by atoms with Crippen LogP contribution in [0.2, 0.25) is 0 Å². The minimum Gasteiger partial charge on any atom is -0.455 e. The number of benzene rings is 2. The minimum absolute atomic E-state index is 0.0189. The molecule has 2 saturated heterocycles. The first kappa shape index (κ1) is 36.0. The smallest absolute Gasteiger partial charge is 0.313 e. The molecule has 4 aliphatic rings. The lowest BCUT2D eigenvalue weighted by Gasteiger charge is -2.35. The number of hydrogen-bond donors (Lipinski definition) is 1. The molecule has 4 aliphatic heterocycles. The van der Waals surface area contributed by atoms with Crippen LogP contribution >= 0.6 is 15.9 Å². The average molecular weight is 776 g/mol. The zero-order valence-corrected chi connectivity index (χ0v) is 30.8. The molecule has 1 N–H and O–H groups in total. The van der Waals surface area contributed by atoms with Crippen LogP contribution in [0, 0.1) is 11.8 Å². The molecule has 5 bridgehead atoms. The van der Waals surface area contributed by atoms with E-state index in [1.165, 1.54) is 0 Å². The van der Waals surface area contributed by atoms with Gasteiger partial charge in [-0.3, -0.25) is 19.2 Å². The number of esters is 1. The van der Waals surface area contributed by atoms with Gasteiger partial charge in [-0.2, -0.15) is 0 Å². The Morgan fingerprint density at radius 3 is 2.52 bits per heavy atom. The summed E-state index contributed by atoms with van der Waals surface area (Å²) in [6.07, 6.45) is 6.23. The molecule has 1 spiro atoms. The number of fused-ring (bicyclic) bond motifs is 3. The van der Waals surface area contributed by atoms with Crippen LogP contribution in [0.5, 0.6) is 0 Å². The van der Waals surface area contributed by atoms with E-state index < -0.39 is 47.7 Å². The van der Waals surface area contributed by atoms with Gasteiger partial charge in [0.05, 0.1) is 17.5 Å². The highest BCUT2D eigenvalue weighted by Crippen LogP contribution is 2.59. The summed E-state index contributed by atoms with van der Waals surface area (Å²) < 4.78 is 15.2. The number of cyclic esters (lactones) is 1. The molecule has 3 amide bonds. The molecule has 0 aliphatic carbocycles. The van der Waals surface area contributed by atoms with Crippen LogP contribution in [0.3, 0.4) is 0 Å². The first-order chi connectivity index (χ1) is 25.2. The number of rotatable bonds is 8. The van der Waals surface area contributed by atoms with Gasteiger partial charge < -0.3 is 29.3 Å². The molecule has 7 rings (SSSR count). The molecule has 0 radical (unpaired) electrons. The van der Waals surface area contributed by atoms with Crippen molar-refractivity contribution in [2.45, 2.75) is 75.6 Å². The molecule has 2 aromatic carbocycles. The van der Waals surface area contributed by atoms with Crippen LogP contribution in [0.15, 0.2) is 77.3 Å². The fourth-order valence-corrected chi connectivity index (χ4v) is 8.81. The van der Waals surface area contributed by atoms with Gasteiger partial charge in [-0.05, 0) is 56.4 Å². The number of aliphatic hydroxyl groups is 1. The number of hydrogen-bond acceptors (Lipinski definition) is 9. The summed E-state index contributed by atoms with van der Waals surface area (Å²) in [6.45, 7) is 2.29. The van der Waals surface area contributed by atoms with Crippen LogP contribution in [0.1, 0.15) is 50.7 Å². The minimum atomic E-state index is -1.45. The fraction of sp³-hybridized carbons (Fsp3) is 0.474. The van der Waals surface area contributed by atoms with Gasteiger partial charge in [0.15, 0.2) is 0 Å². The number of unbranched alkanes of at least 4 members (excludes halogenated alkanes) is 2. The third-order valence-corrected chi connectivity index (χ3v) is 11.5. The second-order valence-electron chi connectivity index (χ2n) is 13.9. The Kier molecular flexibility index (Phi) is 10.3. The van der Waals surface area contributed by atoms with Gasteiger partial charge >= 0.3 is 5.97 Å². The number of amides is 3. The summed E-state index contributed by atoms with van der Waals surface area (Å²) in [7, 11) is 1.70. The number of likely N-dealkylation sites (N-methyl/N-ethyl adjacent to an activating group) is 1. The number of halogens is 1. The van der Waals surface area contributed by atoms with E-state index in [0.29, 0.717) is 41.2 Å². The maximum absolute atomic E-state index is 15.1. The van der Waals surface area contributed by atoms with Gasteiger partial charge in [0.25, 0.3) is 5.91 Å². The highest BCUT2D eigenvalue weighted by atomic mass is 79.9. The molecule has 3 aromatic rings. The maximum Gasteiger partial charge on any atom is 0.313 e. The van der Waals surface area contributed by atoms with Crippen molar-refractivity contribution in [2.75, 3.05) is 26.7 Å². The highest BCUT2D eigenvalue weighted by Gasteiger charge is 2.75. The van der Waals surface area contributed by atoms with Crippen molar-refractivity contribution in [2.24, 2.45) is 11.8 Å². The van der Waals surface area contributed by atoms with E-state index in [1.54, 1.807) is 32.5 Å². The molecule has 0 unspecified atom stereocenters. The SMILES string of the molecule is C[C@H]1[C@H](c2ccccc2)OC(=O)[C@H]2[C@@H]3O[C@@]4(C=C3Br)[C@@H]2C(=O)N(CCCCCO)[C@@H]4C(=O)N(Cn2nnc3ccccc32)C/C=C\CCC(=O)N1C. The Balaban J connectivity index is 1.32. The second-order valence-corrected chi connectivity index (χ2v) is 14.9. The summed E-state index contributed by atoms with van der Waals surface area (Å²) >= 11 is 3.63. The molecular formula is C38H43BrN6O7. The normalized spacial score (nSPS) is 30.2. The number of likely N-dealkylation sites (tertiary alicyclic amines) is 1. The Hall–Kier alpha value is -4.40. The zero-order valence-electron chi connectivity index (χ0n) is 29.2. The summed E-state index contributed by atoms with van der Waals surface area (Å²) in [5, 5.41) is 18.1. The van der Waals surface area contributed by atoms with Crippen molar-refractivity contribution >= 4 is 50.7 Å². The number of carbonyl (C=O) groups is 4. The summed E-state index contributed by atoms with van der Waals surface area (Å²) in [5.74, 6) is -3.56. The summed E-state index contributed by atoms with van der Waals surface area (Å²) in [5.41, 5.74) is 0.676. The first-order valence-corrected chi connectivity index (χ1v) is 18.7. The third-order valence-electron chi connectivity index (χ3n) is 10.9. The van der Waals surface area contributed by atoms with Crippen molar-refractivity contribution in [3.8, 4) is 0 Å². The number of nitrogens with zero attached hydrogens (tertiary/aromatic N) is 6. The first-order valence-electron chi connectivity index (χ1n) is 17.9. The summed E-state index contributed by atoms with van der Waals surface area (Å²) in [6, 6.07) is 15.1. The van der Waals surface area contributed by atoms with Crippen molar-refractivity contribution in [3.63, 3.8) is 0 Å². The number of carbonyl (C=O) groups excluding carboxylic acids is 4. The zero-order chi connectivity index (χ0) is 36.6. The molecule has 5 heterocycles. The number of ether oxygens (including phenoxy) is 2. The van der Waals surface area contributed by atoms with Crippen molar-refractivity contribution in [1.29, 1.82) is 0 Å². The Morgan fingerprint density at radius 2 is 1.73 bits per heavy atom. The predicted octanol–water partition coefficient (Wildman–Crippen LogP) is 3.73. The molecular weight excluding hydrogens is 732 g/mol. The molecule has 0 saturated carbocycles. The lowest BCUT2D eigenvalue weighted by Crippen LogP contribution is -2.56. The molecule has 13 nitrogen and oxygen atoms in total. The summed E-state index contributed by atoms with van der Waals surface area (Å²) in [4.78, 5) is 62.5. The van der Waals surface area contributed by atoms with Crippen molar-refractivity contribution in [3.05, 3.63) is 82.9 Å². The number of allylic oxidation sites excluding steroid dienone is 1. The lowest BCUT2D eigenvalue weighted by molar-refractivity contribution is -0.164. The van der Waals surface area contributed by atoms with E-state index in [-0.39, 0.29) is 50.5 Å². The van der Waals surface area contributed by atoms with Gasteiger partial charge in [-0.15, -0.1) is 5.10 Å². The largest absolute Gasteiger partial charge is 0.455 e. The van der Waals surface area contributed by atoms with Crippen molar-refractivity contribution < 1.29 is 33.8 Å². The molecule has 2 fully saturated rings. The monoisotopic (exact) mass is 774 g/mol. The van der Waals surface area contributed by atoms with Crippen molar-refractivity contribution in [1.82, 2.24) is 29.7 Å². The van der Waals surface area contributed by atoms with Crippen LogP contribution in [-0.2, 0) is 35.3 Å². The average Bonchev–Trinajstić information content (AvgIpc) is 3.87. The molecule has 52 heavy (non-hydrogen) atoms. The van der Waals surface area contributed by atoms with Gasteiger partial charge in [-0.25, -0.2) is 4.68 Å². The number of aliphatic hydroxyl groups excluding tert-OH is 1. The third kappa shape index (κ3) is 6.34. The molecule has 1 aromatic heterocycles. The molecule has 14 heteroatoms. The number of aromatic nitrogens is 3. The maximum atomic E-state index is 15.1. The number of para-hydroxylation sites is 1. The van der Waals surface area contributed by atoms with Gasteiger partial charge in [0.1, 0.15) is 42.0 Å². The van der Waals surface area contributed by atoms with Crippen LogP contribution in [0.25, 0.3) is 11.0 Å². The Bertz CT molecular complexity index is 1900. The Labute approximate surface area is 310 Å². The second kappa shape index (κ2) is 14.9. The topological polar surface area (TPSA) is 147 Å².